The van der Waals surface area contributed by atoms with Crippen molar-refractivity contribution in [2.24, 2.45) is 0 Å². The number of rotatable bonds is 3. The molecule has 3 rings (SSSR count). The lowest BCUT2D eigenvalue weighted by Gasteiger charge is -2.39. The molecule has 2 aromatic rings. The first-order chi connectivity index (χ1) is 10.2. The largest absolute Gasteiger partial charge is 0.475 e. The third-order valence-corrected chi connectivity index (χ3v) is 3.77. The third kappa shape index (κ3) is 1.98. The molecule has 0 aromatic heterocycles. The summed E-state index contributed by atoms with van der Waals surface area (Å²) in [4.78, 5) is 0. The van der Waals surface area contributed by atoms with Crippen molar-refractivity contribution in [2.45, 2.75) is 12.0 Å². The summed E-state index contributed by atoms with van der Waals surface area (Å²) in [5, 5.41) is 16.8. The second kappa shape index (κ2) is 5.02. The summed E-state index contributed by atoms with van der Waals surface area (Å²) in [5.74, 6) is 0.643. The minimum absolute atomic E-state index is 0.173. The maximum absolute atomic E-state index is 8.47. The van der Waals surface area contributed by atoms with Gasteiger partial charge < -0.3 is 4.74 Å². The van der Waals surface area contributed by atoms with E-state index in [1.54, 1.807) is 6.08 Å². The summed E-state index contributed by atoms with van der Waals surface area (Å²) in [5.41, 5.74) is 0.955. The fraction of sp³-hybridized carbons (Fsp3) is 0.111. The smallest absolute Gasteiger partial charge is 0.181 e. The van der Waals surface area contributed by atoms with Crippen LogP contribution < -0.4 is 4.74 Å². The fourth-order valence-corrected chi connectivity index (χ4v) is 2.71. The van der Waals surface area contributed by atoms with E-state index >= 15 is 0 Å². The Balaban J connectivity index is 2.21. The molecule has 0 aliphatic carbocycles. The number of ether oxygens (including phenoxy) is 1. The molecule has 0 unspecified atom stereocenters. The minimum Gasteiger partial charge on any atom is -0.475 e. The fourth-order valence-electron chi connectivity index (χ4n) is 2.71. The Morgan fingerprint density at radius 3 is 2.38 bits per heavy atom. The third-order valence-electron chi connectivity index (χ3n) is 3.77. The Labute approximate surface area is 123 Å². The lowest BCUT2D eigenvalue weighted by molar-refractivity contribution is 0.142. The number of para-hydroxylation sites is 1. The molecule has 104 valence electrons. The molecule has 0 bridgehead atoms. The van der Waals surface area contributed by atoms with E-state index in [4.69, 9.17) is 15.6 Å². The molecule has 1 heterocycles. The standard InChI is InChI=1S/C18H16N2O/c1-2-12-18(13-8-4-3-5-9-13)17(20)16(19)14-10-6-7-11-15(14)21-18/h2-11,19-20H,1,12H2/t18-/m0/s1. The lowest BCUT2D eigenvalue weighted by Crippen LogP contribution is -2.48. The van der Waals surface area contributed by atoms with Gasteiger partial charge in [-0.05, 0) is 12.1 Å². The van der Waals surface area contributed by atoms with Crippen LogP contribution in [0.4, 0.5) is 0 Å². The molecule has 3 nitrogen and oxygen atoms in total. The number of fused-ring (bicyclic) bond motifs is 1. The van der Waals surface area contributed by atoms with E-state index in [0.29, 0.717) is 17.7 Å². The second-order valence-corrected chi connectivity index (χ2v) is 5.03. The Hall–Kier alpha value is -2.68. The van der Waals surface area contributed by atoms with Crippen LogP contribution in [0.5, 0.6) is 5.75 Å². The van der Waals surface area contributed by atoms with E-state index in [1.807, 2.05) is 54.6 Å². The van der Waals surface area contributed by atoms with Crippen LogP contribution in [-0.4, -0.2) is 11.4 Å². The van der Waals surface area contributed by atoms with Gasteiger partial charge in [0, 0.05) is 17.5 Å². The van der Waals surface area contributed by atoms with Gasteiger partial charge in [0.05, 0.1) is 5.71 Å². The van der Waals surface area contributed by atoms with Crippen molar-refractivity contribution in [1.29, 1.82) is 10.8 Å². The highest BCUT2D eigenvalue weighted by molar-refractivity contribution is 6.50. The summed E-state index contributed by atoms with van der Waals surface area (Å²) in [6.07, 6.45) is 2.19. The molecule has 0 amide bonds. The zero-order chi connectivity index (χ0) is 14.9. The van der Waals surface area contributed by atoms with E-state index in [0.717, 1.165) is 5.56 Å². The minimum atomic E-state index is -0.964. The van der Waals surface area contributed by atoms with Gasteiger partial charge in [0.1, 0.15) is 11.5 Å². The van der Waals surface area contributed by atoms with Crippen molar-refractivity contribution < 1.29 is 4.74 Å². The molecule has 2 N–H and O–H groups in total. The van der Waals surface area contributed by atoms with Gasteiger partial charge in [-0.15, -0.1) is 6.58 Å². The van der Waals surface area contributed by atoms with Gasteiger partial charge in [0.15, 0.2) is 5.60 Å². The molecule has 0 saturated carbocycles. The van der Waals surface area contributed by atoms with Gasteiger partial charge in [-0.25, -0.2) is 0 Å². The second-order valence-electron chi connectivity index (χ2n) is 5.03. The lowest BCUT2D eigenvalue weighted by atomic mass is 9.79. The Kier molecular flexibility index (Phi) is 3.18. The molecule has 0 saturated heterocycles. The van der Waals surface area contributed by atoms with Gasteiger partial charge in [0.25, 0.3) is 0 Å². The van der Waals surface area contributed by atoms with Crippen LogP contribution in [0.25, 0.3) is 0 Å². The first-order valence-electron chi connectivity index (χ1n) is 6.82. The van der Waals surface area contributed by atoms with Gasteiger partial charge in [-0.1, -0.05) is 48.5 Å². The summed E-state index contributed by atoms with van der Waals surface area (Å²) in [6, 6.07) is 17.0. The van der Waals surface area contributed by atoms with E-state index in [-0.39, 0.29) is 11.4 Å². The Morgan fingerprint density at radius 1 is 1.00 bits per heavy atom. The number of benzene rings is 2. The topological polar surface area (TPSA) is 56.9 Å². The van der Waals surface area contributed by atoms with E-state index in [9.17, 15) is 0 Å². The molecule has 3 heteroatoms. The highest BCUT2D eigenvalue weighted by atomic mass is 16.5. The van der Waals surface area contributed by atoms with Crippen molar-refractivity contribution in [3.63, 3.8) is 0 Å². The van der Waals surface area contributed by atoms with Crippen LogP contribution in [0.3, 0.4) is 0 Å². The molecule has 2 aromatic carbocycles. The van der Waals surface area contributed by atoms with E-state index in [1.165, 1.54) is 0 Å². The van der Waals surface area contributed by atoms with Crippen molar-refractivity contribution in [3.05, 3.63) is 78.4 Å². The molecule has 1 aliphatic rings. The molecular formula is C18H16N2O. The Bertz CT molecular complexity index is 721. The number of hydrogen-bond donors (Lipinski definition) is 2. The SMILES string of the molecule is C=CC[C@@]1(c2ccccc2)Oc2ccccc2C(=N)C1=N. The summed E-state index contributed by atoms with van der Waals surface area (Å²) in [7, 11) is 0. The predicted molar refractivity (Wildman–Crippen MR) is 84.6 cm³/mol. The Morgan fingerprint density at radius 2 is 1.67 bits per heavy atom. The quantitative estimate of drug-likeness (QED) is 0.820. The van der Waals surface area contributed by atoms with Crippen LogP contribution in [0, 0.1) is 10.8 Å². The predicted octanol–water partition coefficient (Wildman–Crippen LogP) is 3.94. The summed E-state index contributed by atoms with van der Waals surface area (Å²) in [6.45, 7) is 3.79. The molecular weight excluding hydrogens is 260 g/mol. The van der Waals surface area contributed by atoms with Crippen LogP contribution >= 0.6 is 0 Å². The highest BCUT2D eigenvalue weighted by Gasteiger charge is 2.44. The first-order valence-corrected chi connectivity index (χ1v) is 6.82. The molecule has 1 aliphatic heterocycles. The molecule has 21 heavy (non-hydrogen) atoms. The van der Waals surface area contributed by atoms with Crippen LogP contribution in [0.1, 0.15) is 17.5 Å². The highest BCUT2D eigenvalue weighted by Crippen LogP contribution is 2.39. The zero-order valence-electron chi connectivity index (χ0n) is 11.6. The maximum Gasteiger partial charge on any atom is 0.181 e. The van der Waals surface area contributed by atoms with Gasteiger partial charge in [0.2, 0.25) is 0 Å². The summed E-state index contributed by atoms with van der Waals surface area (Å²) < 4.78 is 6.19. The number of nitrogens with one attached hydrogen (secondary N) is 2. The van der Waals surface area contributed by atoms with Crippen LogP contribution in [0.2, 0.25) is 0 Å². The number of hydrogen-bond acceptors (Lipinski definition) is 3. The normalized spacial score (nSPS) is 20.6. The summed E-state index contributed by atoms with van der Waals surface area (Å²) >= 11 is 0. The average Bonchev–Trinajstić information content (AvgIpc) is 2.53. The molecule has 0 fully saturated rings. The molecule has 0 radical (unpaired) electrons. The van der Waals surface area contributed by atoms with E-state index in [2.05, 4.69) is 6.58 Å². The van der Waals surface area contributed by atoms with Crippen molar-refractivity contribution in [3.8, 4) is 5.75 Å². The van der Waals surface area contributed by atoms with Crippen molar-refractivity contribution >= 4 is 11.4 Å². The van der Waals surface area contributed by atoms with Gasteiger partial charge in [-0.2, -0.15) is 0 Å². The maximum atomic E-state index is 8.47. The van der Waals surface area contributed by atoms with Gasteiger partial charge >= 0.3 is 0 Å². The monoisotopic (exact) mass is 276 g/mol. The van der Waals surface area contributed by atoms with Crippen LogP contribution in [-0.2, 0) is 5.60 Å². The van der Waals surface area contributed by atoms with Crippen molar-refractivity contribution in [1.82, 2.24) is 0 Å². The molecule has 0 spiro atoms. The first kappa shape index (κ1) is 13.3. The zero-order valence-corrected chi connectivity index (χ0v) is 11.6. The average molecular weight is 276 g/mol. The van der Waals surface area contributed by atoms with Crippen molar-refractivity contribution in [2.75, 3.05) is 0 Å². The van der Waals surface area contributed by atoms with Gasteiger partial charge in [-0.3, -0.25) is 10.8 Å². The van der Waals surface area contributed by atoms with E-state index < -0.39 is 5.60 Å². The molecule has 1 atom stereocenters. The van der Waals surface area contributed by atoms with Crippen LogP contribution in [0.15, 0.2) is 67.3 Å².